The number of hydrogen-bond donors (Lipinski definition) is 2. The largest absolute Gasteiger partial charge is 0.493 e. The number of methoxy groups -OCH3 is 2. The van der Waals surface area contributed by atoms with Crippen LogP contribution in [0.1, 0.15) is 19.8 Å². The van der Waals surface area contributed by atoms with E-state index in [0.29, 0.717) is 40.8 Å². The number of carbonyl (C=O) groups excluding carboxylic acids is 2. The molecule has 4 aromatic rings. The van der Waals surface area contributed by atoms with Gasteiger partial charge >= 0.3 is 0 Å². The fraction of sp³-hybridized carbons (Fsp3) is 0.207. The van der Waals surface area contributed by atoms with Crippen molar-refractivity contribution in [3.8, 4) is 23.0 Å². The normalized spacial score (nSPS) is 12.9. The lowest BCUT2D eigenvalue weighted by molar-refractivity contribution is -0.120. The average molecular weight is 518 g/mol. The molecule has 0 unspecified atom stereocenters. The highest BCUT2D eigenvalue weighted by Gasteiger charge is 2.44. The van der Waals surface area contributed by atoms with Gasteiger partial charge in [0.2, 0.25) is 12.3 Å². The summed E-state index contributed by atoms with van der Waals surface area (Å²) < 4.78 is 29.1. The summed E-state index contributed by atoms with van der Waals surface area (Å²) in [4.78, 5) is 26.4. The fourth-order valence-electron chi connectivity index (χ4n) is 3.58. The number of benzene rings is 3. The predicted octanol–water partition coefficient (Wildman–Crippen LogP) is 6.18. The lowest BCUT2D eigenvalue weighted by Gasteiger charge is -2.12. The summed E-state index contributed by atoms with van der Waals surface area (Å²) in [6.45, 7) is 1.94. The maximum Gasteiger partial charge on any atom is 0.230 e. The molecule has 1 aliphatic carbocycles. The Kier molecular flexibility index (Phi) is 8.06. The van der Waals surface area contributed by atoms with E-state index in [0.717, 1.165) is 23.7 Å². The van der Waals surface area contributed by atoms with Crippen LogP contribution in [-0.2, 0) is 9.59 Å². The van der Waals surface area contributed by atoms with E-state index in [1.165, 1.54) is 12.1 Å². The summed E-state index contributed by atoms with van der Waals surface area (Å²) in [6, 6.07) is 18.3. The molecule has 1 aromatic heterocycles. The third kappa shape index (κ3) is 6.36. The molecule has 8 nitrogen and oxygen atoms in total. The molecule has 3 aromatic carbocycles. The molecular weight excluding hydrogens is 489 g/mol. The third-order valence-electron chi connectivity index (χ3n) is 6.16. The van der Waals surface area contributed by atoms with Crippen LogP contribution in [0.3, 0.4) is 0 Å². The summed E-state index contributed by atoms with van der Waals surface area (Å²) in [5, 5.41) is 6.16. The predicted molar refractivity (Wildman–Crippen MR) is 143 cm³/mol. The quantitative estimate of drug-likeness (QED) is 0.271. The molecular formula is C29H28FN3O5. The van der Waals surface area contributed by atoms with Crippen molar-refractivity contribution in [2.75, 3.05) is 24.9 Å². The molecule has 2 amide bonds. The van der Waals surface area contributed by atoms with Crippen molar-refractivity contribution in [1.82, 2.24) is 4.98 Å². The number of anilines is 2. The van der Waals surface area contributed by atoms with E-state index in [4.69, 9.17) is 14.2 Å². The number of nitrogens with one attached hydrogen (secondary N) is 2. The van der Waals surface area contributed by atoms with Crippen LogP contribution in [0.5, 0.6) is 23.0 Å². The Bertz CT molecular complexity index is 1420. The molecule has 2 N–H and O–H groups in total. The number of aromatic nitrogens is 1. The number of amides is 2. The van der Waals surface area contributed by atoms with Crippen molar-refractivity contribution < 1.29 is 28.2 Å². The Morgan fingerprint density at radius 1 is 0.921 bits per heavy atom. The van der Waals surface area contributed by atoms with Crippen LogP contribution in [0.15, 0.2) is 72.9 Å². The minimum atomic E-state index is -0.291. The molecule has 1 aliphatic rings. The van der Waals surface area contributed by atoms with Gasteiger partial charge < -0.3 is 24.8 Å². The molecule has 0 saturated heterocycles. The van der Waals surface area contributed by atoms with Gasteiger partial charge in [0.1, 0.15) is 17.3 Å². The molecule has 38 heavy (non-hydrogen) atoms. The third-order valence-corrected chi connectivity index (χ3v) is 6.16. The second kappa shape index (κ2) is 11.6. The SMILES string of the molecule is CC1(C(=O)Nc2ccc(F)cc2)CC1.COc1cc2nccc(Oc3ccc(NC=O)cc3)c2cc1OC. The van der Waals surface area contributed by atoms with Gasteiger partial charge in [-0.15, -0.1) is 0 Å². The zero-order valence-corrected chi connectivity index (χ0v) is 21.3. The Morgan fingerprint density at radius 3 is 2.16 bits per heavy atom. The second-order valence-corrected chi connectivity index (χ2v) is 8.94. The minimum Gasteiger partial charge on any atom is -0.493 e. The zero-order valence-electron chi connectivity index (χ0n) is 21.3. The molecule has 1 saturated carbocycles. The van der Waals surface area contributed by atoms with Crippen LogP contribution in [0.25, 0.3) is 10.9 Å². The molecule has 1 heterocycles. The van der Waals surface area contributed by atoms with Crippen LogP contribution in [0.4, 0.5) is 15.8 Å². The Hall–Kier alpha value is -4.66. The van der Waals surface area contributed by atoms with Crippen LogP contribution in [0, 0.1) is 11.2 Å². The van der Waals surface area contributed by atoms with Gasteiger partial charge in [0.25, 0.3) is 0 Å². The number of fused-ring (bicyclic) bond motifs is 1. The van der Waals surface area contributed by atoms with Gasteiger partial charge in [-0.25, -0.2) is 4.39 Å². The van der Waals surface area contributed by atoms with Crippen molar-refractivity contribution in [1.29, 1.82) is 0 Å². The molecule has 196 valence electrons. The van der Waals surface area contributed by atoms with E-state index in [9.17, 15) is 14.0 Å². The number of rotatable bonds is 8. The van der Waals surface area contributed by atoms with Gasteiger partial charge in [-0.2, -0.15) is 0 Å². The van der Waals surface area contributed by atoms with Gasteiger partial charge in [0, 0.05) is 34.4 Å². The smallest absolute Gasteiger partial charge is 0.230 e. The number of carbonyl (C=O) groups is 2. The average Bonchev–Trinajstić information content (AvgIpc) is 3.69. The monoisotopic (exact) mass is 517 g/mol. The van der Waals surface area contributed by atoms with Crippen LogP contribution >= 0.6 is 0 Å². The highest BCUT2D eigenvalue weighted by Crippen LogP contribution is 2.45. The molecule has 0 atom stereocenters. The van der Waals surface area contributed by atoms with Crippen molar-refractivity contribution in [2.45, 2.75) is 19.8 Å². The second-order valence-electron chi connectivity index (χ2n) is 8.94. The Balaban J connectivity index is 0.000000204. The van der Waals surface area contributed by atoms with E-state index in [1.807, 2.05) is 13.0 Å². The highest BCUT2D eigenvalue weighted by atomic mass is 19.1. The van der Waals surface area contributed by atoms with E-state index < -0.39 is 0 Å². The van der Waals surface area contributed by atoms with Crippen molar-refractivity contribution in [3.05, 3.63) is 78.7 Å². The number of pyridine rings is 1. The van der Waals surface area contributed by atoms with Gasteiger partial charge in [0.05, 0.1) is 19.7 Å². The number of halogens is 1. The number of nitrogens with zero attached hydrogens (tertiary/aromatic N) is 1. The molecule has 0 spiro atoms. The summed E-state index contributed by atoms with van der Waals surface area (Å²) >= 11 is 0. The summed E-state index contributed by atoms with van der Waals surface area (Å²) in [5.74, 6) is 2.25. The standard InChI is InChI=1S/C18H16N2O4.C11H12FNO/c1-22-17-9-14-15(10-18(17)23-2)19-8-7-16(14)24-13-5-3-12(4-6-13)20-11-21;1-11(6-7-11)10(14)13-9-4-2-8(12)3-5-9/h3-11H,1-2H3,(H,20,21);2-5H,6-7H2,1H3,(H,13,14). The fourth-order valence-corrected chi connectivity index (χ4v) is 3.58. The summed E-state index contributed by atoms with van der Waals surface area (Å²) in [7, 11) is 3.16. The first-order valence-corrected chi connectivity index (χ1v) is 11.9. The van der Waals surface area contributed by atoms with Crippen molar-refractivity contribution in [3.63, 3.8) is 0 Å². The molecule has 0 aliphatic heterocycles. The summed E-state index contributed by atoms with van der Waals surface area (Å²) in [6.07, 6.45) is 4.19. The molecule has 1 fully saturated rings. The minimum absolute atomic E-state index is 0.0316. The first-order valence-electron chi connectivity index (χ1n) is 11.9. The first kappa shape index (κ1) is 26.4. The van der Waals surface area contributed by atoms with Crippen LogP contribution in [0.2, 0.25) is 0 Å². The zero-order chi connectivity index (χ0) is 27.1. The van der Waals surface area contributed by atoms with Gasteiger partial charge in [-0.1, -0.05) is 6.92 Å². The maximum atomic E-state index is 12.6. The topological polar surface area (TPSA) is 98.8 Å². The lowest BCUT2D eigenvalue weighted by atomic mass is 10.1. The van der Waals surface area contributed by atoms with Crippen LogP contribution < -0.4 is 24.8 Å². The molecule has 9 heteroatoms. The van der Waals surface area contributed by atoms with Gasteiger partial charge in [0.15, 0.2) is 11.5 Å². The van der Waals surface area contributed by atoms with E-state index >= 15 is 0 Å². The lowest BCUT2D eigenvalue weighted by Crippen LogP contribution is -2.21. The van der Waals surface area contributed by atoms with Crippen LogP contribution in [-0.4, -0.2) is 31.5 Å². The Morgan fingerprint density at radius 2 is 1.55 bits per heavy atom. The van der Waals surface area contributed by atoms with E-state index in [1.54, 1.807) is 68.9 Å². The molecule has 5 rings (SSSR count). The Labute approximate surface area is 219 Å². The van der Waals surface area contributed by atoms with Crippen molar-refractivity contribution >= 4 is 34.6 Å². The first-order chi connectivity index (χ1) is 18.3. The van der Waals surface area contributed by atoms with Gasteiger partial charge in [-0.05, 0) is 73.5 Å². The number of ether oxygens (including phenoxy) is 3. The van der Waals surface area contributed by atoms with E-state index in [-0.39, 0.29) is 17.1 Å². The van der Waals surface area contributed by atoms with Gasteiger partial charge in [-0.3, -0.25) is 14.6 Å². The maximum absolute atomic E-state index is 12.6. The van der Waals surface area contributed by atoms with Crippen molar-refractivity contribution in [2.24, 2.45) is 5.41 Å². The van der Waals surface area contributed by atoms with E-state index in [2.05, 4.69) is 15.6 Å². The summed E-state index contributed by atoms with van der Waals surface area (Å²) in [5.41, 5.74) is 1.91. The molecule has 0 radical (unpaired) electrons. The molecule has 0 bridgehead atoms. The number of hydrogen-bond acceptors (Lipinski definition) is 6. The highest BCUT2D eigenvalue weighted by molar-refractivity contribution is 5.96.